The van der Waals surface area contributed by atoms with Crippen LogP contribution >= 0.6 is 0 Å². The molecule has 0 heterocycles. The van der Waals surface area contributed by atoms with Crippen molar-refractivity contribution in [3.05, 3.63) is 110 Å². The minimum Gasteiger partial charge on any atom is -0.455 e. The molecule has 0 bridgehead atoms. The van der Waals surface area contributed by atoms with Gasteiger partial charge in [0.2, 0.25) is 0 Å². The summed E-state index contributed by atoms with van der Waals surface area (Å²) in [5.74, 6) is -0.546. The first-order valence-electron chi connectivity index (χ1n) is 9.40. The van der Waals surface area contributed by atoms with Gasteiger partial charge in [-0.1, -0.05) is 48.0 Å². The van der Waals surface area contributed by atoms with Crippen LogP contribution in [0.4, 0.5) is 17.1 Å². The Kier molecular flexibility index (Phi) is 6.86. The summed E-state index contributed by atoms with van der Waals surface area (Å²) < 4.78 is 5.37. The smallest absolute Gasteiger partial charge is 0.338 e. The molecule has 3 rings (SSSR count). The molecule has 10 heteroatoms. The summed E-state index contributed by atoms with van der Waals surface area (Å²) in [4.78, 5) is 33.1. The van der Waals surface area contributed by atoms with E-state index in [1.165, 1.54) is 6.07 Å². The standard InChI is InChI=1S/C22H18N4O6/c1-15-7-9-17(10-8-15)22(27)32-14-20(16-5-3-2-4-6-16)24-23-19-12-11-18(25(28)29)13-21(19)26(30)31/h2-13,23H,14H2,1H3. The molecular weight excluding hydrogens is 416 g/mol. The average molecular weight is 434 g/mol. The number of nitrogens with zero attached hydrogens (tertiary/aromatic N) is 3. The molecule has 3 aromatic rings. The molecule has 1 N–H and O–H groups in total. The lowest BCUT2D eigenvalue weighted by atomic mass is 10.1. The molecule has 0 saturated heterocycles. The maximum Gasteiger partial charge on any atom is 0.338 e. The van der Waals surface area contributed by atoms with Crippen LogP contribution in [0.25, 0.3) is 0 Å². The summed E-state index contributed by atoms with van der Waals surface area (Å²) >= 11 is 0. The summed E-state index contributed by atoms with van der Waals surface area (Å²) in [6, 6.07) is 18.9. The van der Waals surface area contributed by atoms with E-state index in [-0.39, 0.29) is 12.3 Å². The van der Waals surface area contributed by atoms with Crippen molar-refractivity contribution in [1.82, 2.24) is 0 Å². The first-order chi connectivity index (χ1) is 15.3. The second-order valence-electron chi connectivity index (χ2n) is 6.69. The number of hydrazone groups is 1. The van der Waals surface area contributed by atoms with Gasteiger partial charge in [0, 0.05) is 11.6 Å². The van der Waals surface area contributed by atoms with E-state index in [1.807, 2.05) is 6.92 Å². The number of rotatable bonds is 8. The minimum absolute atomic E-state index is 0.0427. The Hall–Kier alpha value is -4.60. The molecule has 0 aliphatic heterocycles. The molecule has 32 heavy (non-hydrogen) atoms. The molecular formula is C22H18N4O6. The highest BCUT2D eigenvalue weighted by atomic mass is 16.6. The molecule has 0 amide bonds. The van der Waals surface area contributed by atoms with Crippen LogP contribution in [0.5, 0.6) is 0 Å². The number of benzene rings is 3. The fourth-order valence-corrected chi connectivity index (χ4v) is 2.72. The van der Waals surface area contributed by atoms with Crippen LogP contribution in [-0.2, 0) is 4.74 Å². The molecule has 0 aliphatic rings. The van der Waals surface area contributed by atoms with Gasteiger partial charge < -0.3 is 4.74 Å². The quantitative estimate of drug-likeness (QED) is 0.239. The highest BCUT2D eigenvalue weighted by Gasteiger charge is 2.19. The van der Waals surface area contributed by atoms with E-state index in [0.717, 1.165) is 17.7 Å². The lowest BCUT2D eigenvalue weighted by Gasteiger charge is -2.10. The Morgan fingerprint density at radius 3 is 2.25 bits per heavy atom. The van der Waals surface area contributed by atoms with Gasteiger partial charge >= 0.3 is 11.7 Å². The Bertz CT molecular complexity index is 1180. The van der Waals surface area contributed by atoms with Crippen LogP contribution in [-0.4, -0.2) is 28.1 Å². The Labute approximate surface area is 182 Å². The molecule has 10 nitrogen and oxygen atoms in total. The zero-order chi connectivity index (χ0) is 23.1. The fraction of sp³-hybridized carbons (Fsp3) is 0.0909. The molecule has 0 fully saturated rings. The maximum atomic E-state index is 12.4. The van der Waals surface area contributed by atoms with Gasteiger partial charge in [-0.2, -0.15) is 5.10 Å². The third-order valence-corrected chi connectivity index (χ3v) is 4.43. The van der Waals surface area contributed by atoms with Gasteiger partial charge in [0.25, 0.3) is 5.69 Å². The number of carbonyl (C=O) groups excluding carboxylic acids is 1. The molecule has 162 valence electrons. The number of non-ortho nitro benzene ring substituents is 1. The third-order valence-electron chi connectivity index (χ3n) is 4.43. The SMILES string of the molecule is Cc1ccc(C(=O)OCC(=NNc2ccc([N+](=O)[O-])cc2[N+](=O)[O-])c2ccccc2)cc1. The van der Waals surface area contributed by atoms with Crippen molar-refractivity contribution < 1.29 is 19.4 Å². The van der Waals surface area contributed by atoms with Crippen LogP contribution in [0.3, 0.4) is 0 Å². The Morgan fingerprint density at radius 1 is 0.938 bits per heavy atom. The molecule has 0 saturated carbocycles. The van der Waals surface area contributed by atoms with Crippen LogP contribution in [0, 0.1) is 27.2 Å². The van der Waals surface area contributed by atoms with E-state index < -0.39 is 27.2 Å². The fourth-order valence-electron chi connectivity index (χ4n) is 2.72. The number of ether oxygens (including phenoxy) is 1. The zero-order valence-corrected chi connectivity index (χ0v) is 16.9. The second-order valence-corrected chi connectivity index (χ2v) is 6.69. The average Bonchev–Trinajstić information content (AvgIpc) is 2.79. The third kappa shape index (κ3) is 5.51. The van der Waals surface area contributed by atoms with Gasteiger partial charge in [0.05, 0.1) is 21.5 Å². The molecule has 0 radical (unpaired) electrons. The van der Waals surface area contributed by atoms with Gasteiger partial charge in [0.1, 0.15) is 18.0 Å². The zero-order valence-electron chi connectivity index (χ0n) is 16.9. The van der Waals surface area contributed by atoms with Gasteiger partial charge in [-0.15, -0.1) is 0 Å². The summed E-state index contributed by atoms with van der Waals surface area (Å²) in [6.45, 7) is 1.70. The molecule has 0 aromatic heterocycles. The number of esters is 1. The monoisotopic (exact) mass is 434 g/mol. The highest BCUT2D eigenvalue weighted by molar-refractivity contribution is 6.03. The first kappa shape index (κ1) is 22.1. The van der Waals surface area contributed by atoms with Crippen molar-refractivity contribution in [3.63, 3.8) is 0 Å². The number of nitrogens with one attached hydrogen (secondary N) is 1. The van der Waals surface area contributed by atoms with E-state index in [9.17, 15) is 25.0 Å². The Morgan fingerprint density at radius 2 is 1.62 bits per heavy atom. The van der Waals surface area contributed by atoms with Gasteiger partial charge in [0.15, 0.2) is 0 Å². The van der Waals surface area contributed by atoms with Crippen molar-refractivity contribution in [2.45, 2.75) is 6.92 Å². The van der Waals surface area contributed by atoms with E-state index in [2.05, 4.69) is 10.5 Å². The summed E-state index contributed by atoms with van der Waals surface area (Å²) in [5.41, 5.74) is 3.91. The highest BCUT2D eigenvalue weighted by Crippen LogP contribution is 2.29. The van der Waals surface area contributed by atoms with E-state index >= 15 is 0 Å². The lowest BCUT2D eigenvalue weighted by Crippen LogP contribution is -2.17. The minimum atomic E-state index is -0.746. The molecule has 0 unspecified atom stereocenters. The predicted molar refractivity (Wildman–Crippen MR) is 118 cm³/mol. The van der Waals surface area contributed by atoms with Crippen molar-refractivity contribution in [2.75, 3.05) is 12.0 Å². The summed E-state index contributed by atoms with van der Waals surface area (Å²) in [7, 11) is 0. The summed E-state index contributed by atoms with van der Waals surface area (Å²) in [5, 5.41) is 26.4. The molecule has 0 aliphatic carbocycles. The predicted octanol–water partition coefficient (Wildman–Crippen LogP) is 4.48. The summed E-state index contributed by atoms with van der Waals surface area (Å²) in [6.07, 6.45) is 0. The van der Waals surface area contributed by atoms with Crippen LogP contribution < -0.4 is 5.43 Å². The lowest BCUT2D eigenvalue weighted by molar-refractivity contribution is -0.393. The normalized spacial score (nSPS) is 11.0. The maximum absolute atomic E-state index is 12.4. The number of hydrogen-bond donors (Lipinski definition) is 1. The number of nitro groups is 2. The van der Waals surface area contributed by atoms with Crippen molar-refractivity contribution in [3.8, 4) is 0 Å². The van der Waals surface area contributed by atoms with E-state index in [0.29, 0.717) is 16.8 Å². The van der Waals surface area contributed by atoms with Crippen molar-refractivity contribution in [1.29, 1.82) is 0 Å². The number of carbonyl (C=O) groups is 1. The van der Waals surface area contributed by atoms with E-state index in [4.69, 9.17) is 4.74 Å². The number of anilines is 1. The first-order valence-corrected chi connectivity index (χ1v) is 9.40. The second kappa shape index (κ2) is 9.94. The largest absolute Gasteiger partial charge is 0.455 e. The van der Waals surface area contributed by atoms with Crippen LogP contribution in [0.1, 0.15) is 21.5 Å². The Balaban J connectivity index is 1.85. The van der Waals surface area contributed by atoms with Gasteiger partial charge in [-0.05, 0) is 25.1 Å². The molecule has 0 atom stereocenters. The number of aryl methyl sites for hydroxylation is 1. The molecule has 3 aromatic carbocycles. The topological polar surface area (TPSA) is 137 Å². The van der Waals surface area contributed by atoms with Crippen LogP contribution in [0.15, 0.2) is 77.9 Å². The number of nitro benzene ring substituents is 2. The molecule has 0 spiro atoms. The van der Waals surface area contributed by atoms with Crippen molar-refractivity contribution in [2.24, 2.45) is 5.10 Å². The van der Waals surface area contributed by atoms with Crippen LogP contribution in [0.2, 0.25) is 0 Å². The number of hydrogen-bond acceptors (Lipinski definition) is 8. The van der Waals surface area contributed by atoms with Gasteiger partial charge in [-0.25, -0.2) is 4.79 Å². The van der Waals surface area contributed by atoms with Crippen molar-refractivity contribution >= 4 is 28.7 Å². The van der Waals surface area contributed by atoms with Gasteiger partial charge in [-0.3, -0.25) is 25.7 Å². The van der Waals surface area contributed by atoms with E-state index in [1.54, 1.807) is 54.6 Å².